The average molecular weight is 381 g/mol. The van der Waals surface area contributed by atoms with Crippen LogP contribution in [0.3, 0.4) is 0 Å². The third-order valence-corrected chi connectivity index (χ3v) is 4.57. The van der Waals surface area contributed by atoms with Gasteiger partial charge in [-0.25, -0.2) is 4.79 Å². The van der Waals surface area contributed by atoms with Gasteiger partial charge in [-0.1, -0.05) is 42.5 Å². The molecule has 1 atom stereocenters. The minimum atomic E-state index is -0.668. The lowest BCUT2D eigenvalue weighted by molar-refractivity contribution is -0.128. The molecular weight excluding hydrogens is 358 g/mol. The van der Waals surface area contributed by atoms with Crippen molar-refractivity contribution in [2.45, 2.75) is 32.0 Å². The second-order valence-electron chi connectivity index (χ2n) is 6.58. The highest BCUT2D eigenvalue weighted by atomic mass is 16.5. The number of hydrogen-bond acceptors (Lipinski definition) is 4. The molecule has 1 unspecified atom stereocenters. The summed E-state index contributed by atoms with van der Waals surface area (Å²) >= 11 is 0. The summed E-state index contributed by atoms with van der Waals surface area (Å²) in [5.41, 5.74) is 1.80. The van der Waals surface area contributed by atoms with Gasteiger partial charge in [-0.2, -0.15) is 0 Å². The van der Waals surface area contributed by atoms with Gasteiger partial charge in [0, 0.05) is 13.0 Å². The van der Waals surface area contributed by atoms with Crippen LogP contribution in [0, 0.1) is 0 Å². The molecule has 0 aromatic heterocycles. The van der Waals surface area contributed by atoms with E-state index in [1.54, 1.807) is 7.11 Å². The summed E-state index contributed by atoms with van der Waals surface area (Å²) in [5.74, 6) is 0.255. The van der Waals surface area contributed by atoms with Gasteiger partial charge in [-0.05, 0) is 29.7 Å². The normalized spacial score (nSPS) is 16.0. The predicted octanol–water partition coefficient (Wildman–Crippen LogP) is 2.21. The van der Waals surface area contributed by atoms with Crippen LogP contribution in [0.4, 0.5) is 4.79 Å². The van der Waals surface area contributed by atoms with Crippen LogP contribution in [0.2, 0.25) is 0 Å². The van der Waals surface area contributed by atoms with E-state index in [0.29, 0.717) is 6.54 Å². The van der Waals surface area contributed by atoms with Crippen LogP contribution in [0.5, 0.6) is 5.75 Å². The second kappa shape index (κ2) is 9.03. The minimum Gasteiger partial charge on any atom is -0.497 e. The number of methoxy groups -OCH3 is 1. The number of hydrogen-bond donors (Lipinski definition) is 2. The number of ether oxygens (including phenoxy) is 1. The van der Waals surface area contributed by atoms with Crippen LogP contribution in [0.25, 0.3) is 0 Å². The highest BCUT2D eigenvalue weighted by Gasteiger charge is 2.37. The molecule has 2 aromatic rings. The molecule has 1 aliphatic heterocycles. The van der Waals surface area contributed by atoms with Crippen LogP contribution in [-0.2, 0) is 22.7 Å². The van der Waals surface area contributed by atoms with Gasteiger partial charge in [0.1, 0.15) is 11.8 Å². The molecular formula is C21H23N3O4. The Morgan fingerprint density at radius 1 is 1.11 bits per heavy atom. The summed E-state index contributed by atoms with van der Waals surface area (Å²) in [6.07, 6.45) is 0.416. The quantitative estimate of drug-likeness (QED) is 0.687. The molecule has 3 rings (SSSR count). The van der Waals surface area contributed by atoms with E-state index in [0.717, 1.165) is 16.9 Å². The Morgan fingerprint density at radius 3 is 2.61 bits per heavy atom. The number of carbonyl (C=O) groups excluding carboxylic acids is 3. The van der Waals surface area contributed by atoms with Crippen molar-refractivity contribution in [3.63, 3.8) is 0 Å². The topological polar surface area (TPSA) is 87.7 Å². The monoisotopic (exact) mass is 381 g/mol. The number of nitrogens with one attached hydrogen (secondary N) is 2. The van der Waals surface area contributed by atoms with Crippen molar-refractivity contribution in [3.8, 4) is 5.75 Å². The molecule has 0 spiro atoms. The predicted molar refractivity (Wildman–Crippen MR) is 103 cm³/mol. The van der Waals surface area contributed by atoms with Crippen molar-refractivity contribution >= 4 is 17.8 Å². The van der Waals surface area contributed by atoms with Crippen LogP contribution in [0.1, 0.15) is 24.0 Å². The number of rotatable bonds is 8. The molecule has 28 heavy (non-hydrogen) atoms. The van der Waals surface area contributed by atoms with Gasteiger partial charge in [0.25, 0.3) is 5.91 Å². The summed E-state index contributed by atoms with van der Waals surface area (Å²) in [7, 11) is 1.59. The Labute approximate surface area is 163 Å². The van der Waals surface area contributed by atoms with E-state index < -0.39 is 12.1 Å². The maximum atomic E-state index is 12.5. The number of imide groups is 1. The summed E-state index contributed by atoms with van der Waals surface area (Å²) < 4.78 is 5.16. The highest BCUT2D eigenvalue weighted by Crippen LogP contribution is 2.15. The summed E-state index contributed by atoms with van der Waals surface area (Å²) in [4.78, 5) is 37.9. The van der Waals surface area contributed by atoms with Crippen molar-refractivity contribution in [2.75, 3.05) is 7.11 Å². The second-order valence-corrected chi connectivity index (χ2v) is 6.58. The minimum absolute atomic E-state index is 0.153. The summed E-state index contributed by atoms with van der Waals surface area (Å²) in [5, 5.41) is 5.48. The molecule has 7 nitrogen and oxygen atoms in total. The van der Waals surface area contributed by atoms with E-state index in [9.17, 15) is 14.4 Å². The number of nitrogens with zero attached hydrogens (tertiary/aromatic N) is 1. The molecule has 146 valence electrons. The number of carbonyl (C=O) groups is 3. The van der Waals surface area contributed by atoms with Crippen LogP contribution in [-0.4, -0.2) is 35.9 Å². The first-order chi connectivity index (χ1) is 13.6. The van der Waals surface area contributed by atoms with Gasteiger partial charge in [-0.15, -0.1) is 0 Å². The Hall–Kier alpha value is -3.35. The Bertz CT molecular complexity index is 854. The lowest BCUT2D eigenvalue weighted by Crippen LogP contribution is -2.32. The van der Waals surface area contributed by atoms with Crippen LogP contribution >= 0.6 is 0 Å². The number of amides is 4. The zero-order valence-corrected chi connectivity index (χ0v) is 15.7. The molecule has 1 aliphatic rings. The smallest absolute Gasteiger partial charge is 0.325 e. The van der Waals surface area contributed by atoms with Crippen molar-refractivity contribution in [1.29, 1.82) is 0 Å². The van der Waals surface area contributed by atoms with E-state index in [2.05, 4.69) is 10.6 Å². The fourth-order valence-electron chi connectivity index (χ4n) is 3.04. The van der Waals surface area contributed by atoms with Gasteiger partial charge in [-0.3, -0.25) is 14.5 Å². The van der Waals surface area contributed by atoms with Crippen molar-refractivity contribution in [2.24, 2.45) is 0 Å². The Balaban J connectivity index is 1.47. The zero-order chi connectivity index (χ0) is 19.9. The highest BCUT2D eigenvalue weighted by molar-refractivity contribution is 6.04. The lowest BCUT2D eigenvalue weighted by atomic mass is 10.1. The van der Waals surface area contributed by atoms with E-state index in [4.69, 9.17) is 4.74 Å². The van der Waals surface area contributed by atoms with Crippen molar-refractivity contribution in [3.05, 3.63) is 65.7 Å². The van der Waals surface area contributed by atoms with Gasteiger partial charge in [0.15, 0.2) is 0 Å². The maximum absolute atomic E-state index is 12.5. The van der Waals surface area contributed by atoms with Gasteiger partial charge >= 0.3 is 6.03 Å². The molecule has 0 bridgehead atoms. The first-order valence-electron chi connectivity index (χ1n) is 9.12. The SMILES string of the molecule is COc1cccc(CNC(=O)CCC2NC(=O)N(Cc3ccccc3)C2=O)c1. The molecule has 4 amide bonds. The largest absolute Gasteiger partial charge is 0.497 e. The lowest BCUT2D eigenvalue weighted by Gasteiger charge is -2.13. The third-order valence-electron chi connectivity index (χ3n) is 4.57. The molecule has 0 saturated carbocycles. The van der Waals surface area contributed by atoms with E-state index in [-0.39, 0.29) is 31.2 Å². The van der Waals surface area contributed by atoms with Gasteiger partial charge in [0.05, 0.1) is 13.7 Å². The van der Waals surface area contributed by atoms with E-state index in [1.807, 2.05) is 54.6 Å². The number of benzene rings is 2. The molecule has 1 fully saturated rings. The average Bonchev–Trinajstić information content (AvgIpc) is 2.99. The molecule has 1 saturated heterocycles. The first kappa shape index (κ1) is 19.4. The molecule has 0 aliphatic carbocycles. The standard InChI is InChI=1S/C21H23N3O4/c1-28-17-9-5-8-16(12-17)13-22-19(25)11-10-18-20(26)24(21(27)23-18)14-15-6-3-2-4-7-15/h2-9,12,18H,10-11,13-14H2,1H3,(H,22,25)(H,23,27). The van der Waals surface area contributed by atoms with E-state index >= 15 is 0 Å². The molecule has 7 heteroatoms. The fraction of sp³-hybridized carbons (Fsp3) is 0.286. The van der Waals surface area contributed by atoms with Crippen molar-refractivity contribution < 1.29 is 19.1 Å². The van der Waals surface area contributed by atoms with Gasteiger partial charge < -0.3 is 15.4 Å². The van der Waals surface area contributed by atoms with Crippen LogP contribution in [0.15, 0.2) is 54.6 Å². The molecule has 1 heterocycles. The molecule has 0 radical (unpaired) electrons. The number of urea groups is 1. The fourth-order valence-corrected chi connectivity index (χ4v) is 3.04. The molecule has 2 aromatic carbocycles. The summed E-state index contributed by atoms with van der Waals surface area (Å²) in [6.45, 7) is 0.602. The maximum Gasteiger partial charge on any atom is 0.325 e. The zero-order valence-electron chi connectivity index (χ0n) is 15.7. The Kier molecular flexibility index (Phi) is 6.26. The van der Waals surface area contributed by atoms with E-state index in [1.165, 1.54) is 4.90 Å². The molecule has 2 N–H and O–H groups in total. The first-order valence-corrected chi connectivity index (χ1v) is 9.12. The third kappa shape index (κ3) is 4.88. The summed E-state index contributed by atoms with van der Waals surface area (Å²) in [6, 6.07) is 15.7. The van der Waals surface area contributed by atoms with Crippen molar-refractivity contribution in [1.82, 2.24) is 15.5 Å². The van der Waals surface area contributed by atoms with Gasteiger partial charge in [0.2, 0.25) is 5.91 Å². The van der Waals surface area contributed by atoms with Crippen LogP contribution < -0.4 is 15.4 Å². The Morgan fingerprint density at radius 2 is 1.86 bits per heavy atom.